The zero-order chi connectivity index (χ0) is 17.5. The van der Waals surface area contributed by atoms with Gasteiger partial charge in [-0.05, 0) is 49.6 Å². The average molecular weight is 324 g/mol. The maximum Gasteiger partial charge on any atom is 0.243 e. The highest BCUT2D eigenvalue weighted by Crippen LogP contribution is 2.24. The summed E-state index contributed by atoms with van der Waals surface area (Å²) < 4.78 is 5.67. The van der Waals surface area contributed by atoms with Crippen LogP contribution in [0.4, 0.5) is 11.4 Å². The predicted molar refractivity (Wildman–Crippen MR) is 99.8 cm³/mol. The van der Waals surface area contributed by atoms with Gasteiger partial charge in [0.15, 0.2) is 0 Å². The van der Waals surface area contributed by atoms with Gasteiger partial charge in [0.1, 0.15) is 12.4 Å². The van der Waals surface area contributed by atoms with Gasteiger partial charge in [0.2, 0.25) is 5.91 Å². The average Bonchev–Trinajstić information content (AvgIpc) is 2.53. The zero-order valence-electron chi connectivity index (χ0n) is 14.5. The molecule has 4 nitrogen and oxygen atoms in total. The van der Waals surface area contributed by atoms with E-state index in [2.05, 4.69) is 17.2 Å². The Morgan fingerprint density at radius 1 is 1.08 bits per heavy atom. The van der Waals surface area contributed by atoms with Crippen molar-refractivity contribution in [2.24, 2.45) is 0 Å². The molecule has 0 aromatic heterocycles. The summed E-state index contributed by atoms with van der Waals surface area (Å²) in [5.41, 5.74) is 4.82. The number of para-hydroxylation sites is 3. The lowest BCUT2D eigenvalue weighted by atomic mass is 10.1. The van der Waals surface area contributed by atoms with Gasteiger partial charge in [0.05, 0.1) is 12.2 Å². The van der Waals surface area contributed by atoms with Crippen molar-refractivity contribution >= 4 is 17.3 Å². The zero-order valence-corrected chi connectivity index (χ0v) is 14.5. The largest absolute Gasteiger partial charge is 0.487 e. The maximum absolute atomic E-state index is 12.3. The summed E-state index contributed by atoms with van der Waals surface area (Å²) in [4.78, 5) is 12.3. The number of anilines is 2. The summed E-state index contributed by atoms with van der Waals surface area (Å²) in [6, 6.07) is 13.4. The Morgan fingerprint density at radius 3 is 2.42 bits per heavy atom. The van der Waals surface area contributed by atoms with Crippen LogP contribution in [0.15, 0.2) is 54.6 Å². The number of benzene rings is 2. The maximum atomic E-state index is 12.3. The molecular formula is C20H24N2O2. The van der Waals surface area contributed by atoms with Gasteiger partial charge < -0.3 is 15.4 Å². The Morgan fingerprint density at radius 2 is 1.75 bits per heavy atom. The second-order valence-corrected chi connectivity index (χ2v) is 5.91. The van der Waals surface area contributed by atoms with Crippen LogP contribution in [-0.4, -0.2) is 19.1 Å². The van der Waals surface area contributed by atoms with Crippen LogP contribution in [0.1, 0.15) is 18.1 Å². The quantitative estimate of drug-likeness (QED) is 0.746. The van der Waals surface area contributed by atoms with Gasteiger partial charge in [-0.25, -0.2) is 0 Å². The number of rotatable bonds is 7. The molecule has 2 aromatic rings. The lowest BCUT2D eigenvalue weighted by molar-refractivity contribution is -0.114. The van der Waals surface area contributed by atoms with Crippen LogP contribution in [0.3, 0.4) is 0 Å². The molecule has 0 radical (unpaired) electrons. The van der Waals surface area contributed by atoms with E-state index in [4.69, 9.17) is 4.74 Å². The number of hydrogen-bond donors (Lipinski definition) is 2. The van der Waals surface area contributed by atoms with Crippen LogP contribution in [0.25, 0.3) is 0 Å². The fraction of sp³-hybridized carbons (Fsp3) is 0.250. The smallest absolute Gasteiger partial charge is 0.243 e. The minimum Gasteiger partial charge on any atom is -0.487 e. The first-order valence-corrected chi connectivity index (χ1v) is 7.93. The molecule has 2 aromatic carbocycles. The molecule has 24 heavy (non-hydrogen) atoms. The molecule has 0 unspecified atom stereocenters. The summed E-state index contributed by atoms with van der Waals surface area (Å²) in [5.74, 6) is 0.518. The van der Waals surface area contributed by atoms with E-state index >= 15 is 0 Å². The van der Waals surface area contributed by atoms with Crippen LogP contribution >= 0.6 is 0 Å². The molecule has 126 valence electrons. The molecule has 1 amide bonds. The normalized spacial score (nSPS) is 10.1. The van der Waals surface area contributed by atoms with Crippen molar-refractivity contribution < 1.29 is 9.53 Å². The number of amides is 1. The highest BCUT2D eigenvalue weighted by molar-refractivity contribution is 5.95. The van der Waals surface area contributed by atoms with Gasteiger partial charge in [-0.15, -0.1) is 0 Å². The number of ether oxygens (including phenoxy) is 1. The minimum absolute atomic E-state index is 0.121. The molecular weight excluding hydrogens is 300 g/mol. The molecule has 2 rings (SSSR count). The van der Waals surface area contributed by atoms with E-state index in [1.807, 2.05) is 63.2 Å². The first-order valence-electron chi connectivity index (χ1n) is 7.93. The van der Waals surface area contributed by atoms with Gasteiger partial charge in [0, 0.05) is 5.69 Å². The summed E-state index contributed by atoms with van der Waals surface area (Å²) in [6.45, 7) is 10.4. The Balaban J connectivity index is 1.99. The third kappa shape index (κ3) is 4.88. The highest BCUT2D eigenvalue weighted by Gasteiger charge is 2.09. The molecule has 2 N–H and O–H groups in total. The molecule has 0 fully saturated rings. The van der Waals surface area contributed by atoms with E-state index in [0.717, 1.165) is 22.4 Å². The molecule has 0 aliphatic carbocycles. The molecule has 0 aliphatic rings. The predicted octanol–water partition coefficient (Wildman–Crippen LogP) is 4.31. The van der Waals surface area contributed by atoms with Crippen LogP contribution in [-0.2, 0) is 4.79 Å². The molecule has 0 bridgehead atoms. The molecule has 0 saturated carbocycles. The van der Waals surface area contributed by atoms with Gasteiger partial charge in [0.25, 0.3) is 0 Å². The number of carbonyl (C=O) groups is 1. The van der Waals surface area contributed by atoms with Crippen molar-refractivity contribution in [3.05, 3.63) is 65.7 Å². The van der Waals surface area contributed by atoms with Crippen LogP contribution in [0.5, 0.6) is 5.75 Å². The van der Waals surface area contributed by atoms with E-state index in [0.29, 0.717) is 18.0 Å². The second kappa shape index (κ2) is 8.20. The van der Waals surface area contributed by atoms with Crippen molar-refractivity contribution in [1.82, 2.24) is 0 Å². The number of aryl methyl sites for hydroxylation is 2. The van der Waals surface area contributed by atoms with Crippen LogP contribution < -0.4 is 15.4 Å². The van der Waals surface area contributed by atoms with E-state index in [9.17, 15) is 4.79 Å². The van der Waals surface area contributed by atoms with Crippen molar-refractivity contribution in [2.75, 3.05) is 23.8 Å². The standard InChI is InChI=1S/C20H24N2O2/c1-14(2)13-24-18-11-6-5-10-17(18)22-19(23)12-21-20-15(3)8-7-9-16(20)4/h5-11,21H,1,12-13H2,2-4H3,(H,22,23). The Labute approximate surface area is 143 Å². The van der Waals surface area contributed by atoms with Crippen LogP contribution in [0, 0.1) is 13.8 Å². The van der Waals surface area contributed by atoms with Crippen molar-refractivity contribution in [3.63, 3.8) is 0 Å². The number of carbonyl (C=O) groups excluding carboxylic acids is 1. The van der Waals surface area contributed by atoms with E-state index < -0.39 is 0 Å². The van der Waals surface area contributed by atoms with Gasteiger partial charge in [-0.3, -0.25) is 4.79 Å². The van der Waals surface area contributed by atoms with E-state index in [1.54, 1.807) is 0 Å². The monoisotopic (exact) mass is 324 g/mol. The summed E-state index contributed by atoms with van der Waals surface area (Å²) in [5, 5.41) is 6.09. The third-order valence-electron chi connectivity index (χ3n) is 3.54. The molecule has 0 spiro atoms. The number of hydrogen-bond acceptors (Lipinski definition) is 3. The van der Waals surface area contributed by atoms with Crippen molar-refractivity contribution in [2.45, 2.75) is 20.8 Å². The minimum atomic E-state index is -0.121. The summed E-state index contributed by atoms with van der Waals surface area (Å²) >= 11 is 0. The third-order valence-corrected chi connectivity index (χ3v) is 3.54. The fourth-order valence-corrected chi connectivity index (χ4v) is 2.35. The highest BCUT2D eigenvalue weighted by atomic mass is 16.5. The summed E-state index contributed by atoms with van der Waals surface area (Å²) in [7, 11) is 0. The van der Waals surface area contributed by atoms with E-state index in [-0.39, 0.29) is 12.5 Å². The Hall–Kier alpha value is -2.75. The SMILES string of the molecule is C=C(C)COc1ccccc1NC(=O)CNc1c(C)cccc1C. The van der Waals surface area contributed by atoms with Gasteiger partial charge >= 0.3 is 0 Å². The first-order chi connectivity index (χ1) is 11.5. The molecule has 0 heterocycles. The van der Waals surface area contributed by atoms with E-state index in [1.165, 1.54) is 0 Å². The van der Waals surface area contributed by atoms with Gasteiger partial charge in [-0.1, -0.05) is 36.9 Å². The Bertz CT molecular complexity index is 718. The van der Waals surface area contributed by atoms with Gasteiger partial charge in [-0.2, -0.15) is 0 Å². The molecule has 0 aliphatic heterocycles. The topological polar surface area (TPSA) is 50.4 Å². The lowest BCUT2D eigenvalue weighted by Gasteiger charge is -2.14. The second-order valence-electron chi connectivity index (χ2n) is 5.91. The van der Waals surface area contributed by atoms with Crippen molar-refractivity contribution in [3.8, 4) is 5.75 Å². The first kappa shape index (κ1) is 17.6. The molecule has 0 saturated heterocycles. The van der Waals surface area contributed by atoms with Crippen molar-refractivity contribution in [1.29, 1.82) is 0 Å². The lowest BCUT2D eigenvalue weighted by Crippen LogP contribution is -2.22. The van der Waals surface area contributed by atoms with Crippen LogP contribution in [0.2, 0.25) is 0 Å². The molecule has 0 atom stereocenters. The number of nitrogens with one attached hydrogen (secondary N) is 2. The Kier molecular flexibility index (Phi) is 6.01. The summed E-state index contributed by atoms with van der Waals surface area (Å²) in [6.07, 6.45) is 0. The fourth-order valence-electron chi connectivity index (χ4n) is 2.35. The molecule has 4 heteroatoms.